The minimum Gasteiger partial charge on any atom is -0.302 e. The van der Waals surface area contributed by atoms with Crippen LogP contribution in [0, 0.1) is 6.92 Å². The van der Waals surface area contributed by atoms with Crippen LogP contribution in [0.25, 0.3) is 10.2 Å². The van der Waals surface area contributed by atoms with Crippen molar-refractivity contribution in [2.45, 2.75) is 26.3 Å². The number of hydrogen-bond donors (Lipinski definition) is 1. The predicted molar refractivity (Wildman–Crippen MR) is 118 cm³/mol. The number of hydrogen-bond acceptors (Lipinski definition) is 6. The molecule has 9 heteroatoms. The Morgan fingerprint density at radius 3 is 2.97 bits per heavy atom. The summed E-state index contributed by atoms with van der Waals surface area (Å²) in [7, 11) is 0. The van der Waals surface area contributed by atoms with Crippen molar-refractivity contribution in [3.05, 3.63) is 73.6 Å². The van der Waals surface area contributed by atoms with Gasteiger partial charge in [-0.05, 0) is 35.6 Å². The third-order valence-electron chi connectivity index (χ3n) is 4.44. The molecule has 0 radical (unpaired) electrons. The molecular weight excluding hydrogens is 428 g/mol. The molecule has 0 aliphatic heterocycles. The number of benzene rings is 1. The van der Waals surface area contributed by atoms with Crippen LogP contribution in [0.1, 0.15) is 22.4 Å². The van der Waals surface area contributed by atoms with Crippen LogP contribution in [0.3, 0.4) is 0 Å². The first kappa shape index (κ1) is 19.8. The molecule has 0 bridgehead atoms. The van der Waals surface area contributed by atoms with Crippen LogP contribution in [-0.2, 0) is 17.8 Å². The Hall–Kier alpha value is -2.55. The Morgan fingerprint density at radius 2 is 2.14 bits per heavy atom. The molecule has 0 atom stereocenters. The fraction of sp³-hybridized carbons (Fsp3) is 0.200. The number of anilines is 1. The van der Waals surface area contributed by atoms with Crippen molar-refractivity contribution in [2.75, 3.05) is 5.32 Å². The van der Waals surface area contributed by atoms with Gasteiger partial charge in [0.05, 0.1) is 11.7 Å². The molecule has 4 rings (SSSR count). The molecule has 1 amide bonds. The monoisotopic (exact) mass is 444 g/mol. The van der Waals surface area contributed by atoms with E-state index in [0.29, 0.717) is 21.8 Å². The molecular formula is C20H17ClN4O2S2. The lowest BCUT2D eigenvalue weighted by atomic mass is 10.1. The fourth-order valence-electron chi connectivity index (χ4n) is 2.85. The van der Waals surface area contributed by atoms with Crippen LogP contribution < -0.4 is 10.9 Å². The molecule has 1 N–H and O–H groups in total. The number of thiazole rings is 1. The SMILES string of the molecule is Cc1ccc(Cc2cnc(NC(=O)CCn3cnc4sccc4c3=O)s2)cc1Cl. The van der Waals surface area contributed by atoms with Crippen LogP contribution in [0.2, 0.25) is 5.02 Å². The van der Waals surface area contributed by atoms with Crippen molar-refractivity contribution in [3.8, 4) is 0 Å². The fourth-order valence-corrected chi connectivity index (χ4v) is 4.64. The summed E-state index contributed by atoms with van der Waals surface area (Å²) in [5.41, 5.74) is 2.01. The number of rotatable bonds is 6. The van der Waals surface area contributed by atoms with Crippen molar-refractivity contribution in [2.24, 2.45) is 0 Å². The summed E-state index contributed by atoms with van der Waals surface area (Å²) in [6.45, 7) is 2.23. The summed E-state index contributed by atoms with van der Waals surface area (Å²) in [6, 6.07) is 7.73. The molecule has 0 spiro atoms. The summed E-state index contributed by atoms with van der Waals surface area (Å²) >= 11 is 9.03. The highest BCUT2D eigenvalue weighted by Crippen LogP contribution is 2.24. The Bertz CT molecular complexity index is 1240. The average Bonchev–Trinajstić information content (AvgIpc) is 3.34. The third kappa shape index (κ3) is 4.55. The van der Waals surface area contributed by atoms with Crippen LogP contribution in [0.4, 0.5) is 5.13 Å². The highest BCUT2D eigenvalue weighted by Gasteiger charge is 2.10. The van der Waals surface area contributed by atoms with E-state index in [1.54, 1.807) is 12.3 Å². The second kappa shape index (κ2) is 8.44. The Balaban J connectivity index is 1.35. The number of halogens is 1. The van der Waals surface area contributed by atoms with Gasteiger partial charge >= 0.3 is 0 Å². The number of carbonyl (C=O) groups excluding carboxylic acids is 1. The van der Waals surface area contributed by atoms with Crippen molar-refractivity contribution >= 4 is 55.5 Å². The standard InChI is InChI=1S/C20H17ClN4O2S2/c1-12-2-3-13(9-16(12)21)8-14-10-22-20(29-14)24-17(26)4-6-25-11-23-18-15(19(25)27)5-7-28-18/h2-3,5,7,9-11H,4,6,8H2,1H3,(H,22,24,26). The highest BCUT2D eigenvalue weighted by atomic mass is 35.5. The minimum absolute atomic E-state index is 0.127. The van der Waals surface area contributed by atoms with Gasteiger partial charge in [-0.3, -0.25) is 14.2 Å². The number of aryl methyl sites for hydroxylation is 2. The normalized spacial score (nSPS) is 11.1. The molecule has 4 aromatic rings. The number of carbonyl (C=O) groups is 1. The first-order chi connectivity index (χ1) is 14.0. The van der Waals surface area contributed by atoms with E-state index in [9.17, 15) is 9.59 Å². The maximum atomic E-state index is 12.4. The van der Waals surface area contributed by atoms with Crippen LogP contribution in [-0.4, -0.2) is 20.4 Å². The second-order valence-corrected chi connectivity index (χ2v) is 8.99. The van der Waals surface area contributed by atoms with Gasteiger partial charge in [-0.2, -0.15) is 0 Å². The van der Waals surface area contributed by atoms with E-state index in [2.05, 4.69) is 15.3 Å². The molecule has 148 valence electrons. The van der Waals surface area contributed by atoms with Crippen molar-refractivity contribution < 1.29 is 4.79 Å². The topological polar surface area (TPSA) is 76.9 Å². The number of nitrogens with one attached hydrogen (secondary N) is 1. The highest BCUT2D eigenvalue weighted by molar-refractivity contribution is 7.16. The lowest BCUT2D eigenvalue weighted by molar-refractivity contribution is -0.116. The summed E-state index contributed by atoms with van der Waals surface area (Å²) in [5, 5.41) is 6.50. The van der Waals surface area contributed by atoms with E-state index in [-0.39, 0.29) is 24.4 Å². The lowest BCUT2D eigenvalue weighted by Crippen LogP contribution is -2.23. The van der Waals surface area contributed by atoms with Gasteiger partial charge in [0.15, 0.2) is 5.13 Å². The number of nitrogens with zero attached hydrogens (tertiary/aromatic N) is 3. The molecule has 0 saturated heterocycles. The van der Waals surface area contributed by atoms with Gasteiger partial charge in [-0.25, -0.2) is 9.97 Å². The minimum atomic E-state index is -0.193. The molecule has 3 aromatic heterocycles. The van der Waals surface area contributed by atoms with E-state index in [1.165, 1.54) is 33.6 Å². The van der Waals surface area contributed by atoms with Crippen LogP contribution in [0.15, 0.2) is 47.0 Å². The second-order valence-electron chi connectivity index (χ2n) is 6.57. The predicted octanol–water partition coefficient (Wildman–Crippen LogP) is 4.50. The van der Waals surface area contributed by atoms with E-state index >= 15 is 0 Å². The quantitative estimate of drug-likeness (QED) is 0.475. The van der Waals surface area contributed by atoms with Crippen LogP contribution >= 0.6 is 34.3 Å². The number of thiophene rings is 1. The maximum Gasteiger partial charge on any atom is 0.262 e. The van der Waals surface area contributed by atoms with Gasteiger partial charge in [0.1, 0.15) is 4.83 Å². The third-order valence-corrected chi connectivity index (χ3v) is 6.59. The van der Waals surface area contributed by atoms with Gasteiger partial charge in [0, 0.05) is 35.5 Å². The van der Waals surface area contributed by atoms with Crippen molar-refractivity contribution in [3.63, 3.8) is 0 Å². The lowest BCUT2D eigenvalue weighted by Gasteiger charge is -2.05. The van der Waals surface area contributed by atoms with Gasteiger partial charge in [0.2, 0.25) is 5.91 Å². The largest absolute Gasteiger partial charge is 0.302 e. The molecule has 29 heavy (non-hydrogen) atoms. The van der Waals surface area contributed by atoms with E-state index in [0.717, 1.165) is 21.0 Å². The first-order valence-electron chi connectivity index (χ1n) is 8.92. The van der Waals surface area contributed by atoms with Gasteiger partial charge < -0.3 is 5.32 Å². The Morgan fingerprint density at radius 1 is 1.28 bits per heavy atom. The Kier molecular flexibility index (Phi) is 5.75. The molecule has 6 nitrogen and oxygen atoms in total. The zero-order chi connectivity index (χ0) is 20.4. The van der Waals surface area contributed by atoms with Crippen LogP contribution in [0.5, 0.6) is 0 Å². The zero-order valence-corrected chi connectivity index (χ0v) is 17.9. The van der Waals surface area contributed by atoms with E-state index in [1.807, 2.05) is 30.5 Å². The molecule has 1 aromatic carbocycles. The van der Waals surface area contributed by atoms with Crippen molar-refractivity contribution in [1.82, 2.24) is 14.5 Å². The molecule has 0 unspecified atom stereocenters. The molecule has 0 fully saturated rings. The zero-order valence-electron chi connectivity index (χ0n) is 15.5. The Labute approximate surface area is 179 Å². The average molecular weight is 445 g/mol. The maximum absolute atomic E-state index is 12.4. The molecule has 0 aliphatic carbocycles. The van der Waals surface area contributed by atoms with Gasteiger partial charge in [-0.15, -0.1) is 22.7 Å². The number of fused-ring (bicyclic) bond motifs is 1. The summed E-state index contributed by atoms with van der Waals surface area (Å²) in [5.74, 6) is -0.193. The number of aromatic nitrogens is 3. The summed E-state index contributed by atoms with van der Waals surface area (Å²) < 4.78 is 1.46. The smallest absolute Gasteiger partial charge is 0.262 e. The number of amides is 1. The van der Waals surface area contributed by atoms with Gasteiger partial charge in [-0.1, -0.05) is 23.7 Å². The van der Waals surface area contributed by atoms with Gasteiger partial charge in [0.25, 0.3) is 5.56 Å². The summed E-state index contributed by atoms with van der Waals surface area (Å²) in [6.07, 6.45) is 4.12. The molecule has 0 aliphatic rings. The first-order valence-corrected chi connectivity index (χ1v) is 11.0. The van der Waals surface area contributed by atoms with E-state index in [4.69, 9.17) is 11.6 Å². The van der Waals surface area contributed by atoms with E-state index < -0.39 is 0 Å². The van der Waals surface area contributed by atoms with Crippen molar-refractivity contribution in [1.29, 1.82) is 0 Å². The summed E-state index contributed by atoms with van der Waals surface area (Å²) in [4.78, 5) is 34.9. The molecule has 3 heterocycles. The molecule has 0 saturated carbocycles.